The Labute approximate surface area is 128 Å². The molecule has 0 aromatic rings. The summed E-state index contributed by atoms with van der Waals surface area (Å²) in [5, 5.41) is 5.52. The van der Waals surface area contributed by atoms with Gasteiger partial charge in [-0.25, -0.2) is 4.79 Å². The fourth-order valence-electron chi connectivity index (χ4n) is 1.65. The minimum absolute atomic E-state index is 0.0388. The van der Waals surface area contributed by atoms with Crippen LogP contribution in [-0.4, -0.2) is 55.7 Å². The fraction of sp³-hybridized carbons (Fsp3) is 0.867. The van der Waals surface area contributed by atoms with Crippen LogP contribution in [0.15, 0.2) is 0 Å². The van der Waals surface area contributed by atoms with E-state index >= 15 is 0 Å². The first-order valence-electron chi connectivity index (χ1n) is 7.48. The number of nitrogens with zero attached hydrogens (tertiary/aromatic N) is 1. The van der Waals surface area contributed by atoms with Crippen LogP contribution >= 0.6 is 0 Å². The highest BCUT2D eigenvalue weighted by molar-refractivity contribution is 5.85. The smallest absolute Gasteiger partial charge is 0.408 e. The molecule has 0 spiro atoms. The molecule has 0 aliphatic heterocycles. The SMILES string of the molecule is CCC(C)C(NC(=O)OC(C)(C)C)C(=O)NCCN(C)C. The lowest BCUT2D eigenvalue weighted by Crippen LogP contribution is -2.52. The summed E-state index contributed by atoms with van der Waals surface area (Å²) >= 11 is 0. The quantitative estimate of drug-likeness (QED) is 0.749. The van der Waals surface area contributed by atoms with Crippen molar-refractivity contribution in [1.29, 1.82) is 0 Å². The zero-order valence-corrected chi connectivity index (χ0v) is 14.4. The van der Waals surface area contributed by atoms with Crippen molar-refractivity contribution in [2.24, 2.45) is 5.92 Å². The van der Waals surface area contributed by atoms with Gasteiger partial charge in [0, 0.05) is 13.1 Å². The van der Waals surface area contributed by atoms with Gasteiger partial charge in [0.2, 0.25) is 5.91 Å². The second-order valence-electron chi connectivity index (χ2n) is 6.60. The van der Waals surface area contributed by atoms with Gasteiger partial charge < -0.3 is 20.3 Å². The zero-order chi connectivity index (χ0) is 16.6. The van der Waals surface area contributed by atoms with E-state index in [1.165, 1.54) is 0 Å². The molecule has 124 valence electrons. The van der Waals surface area contributed by atoms with Crippen molar-refractivity contribution in [3.8, 4) is 0 Å². The highest BCUT2D eigenvalue weighted by atomic mass is 16.6. The maximum Gasteiger partial charge on any atom is 0.408 e. The molecule has 0 bridgehead atoms. The van der Waals surface area contributed by atoms with Crippen LogP contribution in [0.25, 0.3) is 0 Å². The summed E-state index contributed by atoms with van der Waals surface area (Å²) in [5.41, 5.74) is -0.578. The number of rotatable bonds is 7. The average Bonchev–Trinajstić information content (AvgIpc) is 2.32. The highest BCUT2D eigenvalue weighted by Crippen LogP contribution is 2.11. The fourth-order valence-corrected chi connectivity index (χ4v) is 1.65. The van der Waals surface area contributed by atoms with Gasteiger partial charge in [0.15, 0.2) is 0 Å². The molecule has 0 fully saturated rings. The molecule has 6 heteroatoms. The van der Waals surface area contributed by atoms with Crippen LogP contribution < -0.4 is 10.6 Å². The Balaban J connectivity index is 4.58. The number of hydrogen-bond donors (Lipinski definition) is 2. The normalized spacial score (nSPS) is 14.5. The number of carbonyl (C=O) groups is 2. The van der Waals surface area contributed by atoms with Crippen molar-refractivity contribution in [2.75, 3.05) is 27.2 Å². The molecule has 2 atom stereocenters. The third-order valence-corrected chi connectivity index (χ3v) is 3.03. The lowest BCUT2D eigenvalue weighted by molar-refractivity contribution is -0.124. The van der Waals surface area contributed by atoms with Crippen LogP contribution in [0.2, 0.25) is 0 Å². The van der Waals surface area contributed by atoms with Gasteiger partial charge in [-0.3, -0.25) is 4.79 Å². The summed E-state index contributed by atoms with van der Waals surface area (Å²) < 4.78 is 5.22. The van der Waals surface area contributed by atoms with Gasteiger partial charge in [-0.1, -0.05) is 20.3 Å². The van der Waals surface area contributed by atoms with Crippen LogP contribution in [-0.2, 0) is 9.53 Å². The summed E-state index contributed by atoms with van der Waals surface area (Å²) in [5.74, 6) is -0.131. The predicted molar refractivity (Wildman–Crippen MR) is 84.2 cm³/mol. The largest absolute Gasteiger partial charge is 0.444 e. The van der Waals surface area contributed by atoms with Crippen LogP contribution in [0.1, 0.15) is 41.0 Å². The maximum atomic E-state index is 12.2. The van der Waals surface area contributed by atoms with Gasteiger partial charge in [0.25, 0.3) is 0 Å². The van der Waals surface area contributed by atoms with Crippen molar-refractivity contribution in [1.82, 2.24) is 15.5 Å². The molecule has 0 aromatic heterocycles. The van der Waals surface area contributed by atoms with E-state index in [-0.39, 0.29) is 11.8 Å². The molecule has 2 N–H and O–H groups in total. The van der Waals surface area contributed by atoms with Crippen molar-refractivity contribution >= 4 is 12.0 Å². The van der Waals surface area contributed by atoms with Crippen molar-refractivity contribution in [2.45, 2.75) is 52.7 Å². The second kappa shape index (κ2) is 8.87. The number of nitrogens with one attached hydrogen (secondary N) is 2. The summed E-state index contributed by atoms with van der Waals surface area (Å²) in [4.78, 5) is 26.1. The molecule has 6 nitrogen and oxygen atoms in total. The van der Waals surface area contributed by atoms with E-state index in [1.807, 2.05) is 32.8 Å². The molecule has 2 unspecified atom stereocenters. The van der Waals surface area contributed by atoms with E-state index in [4.69, 9.17) is 4.74 Å². The molecule has 0 heterocycles. The molecular formula is C15H31N3O3. The van der Waals surface area contributed by atoms with E-state index in [0.29, 0.717) is 6.54 Å². The van der Waals surface area contributed by atoms with Crippen LogP contribution in [0, 0.1) is 5.92 Å². The number of ether oxygens (including phenoxy) is 1. The number of carbonyl (C=O) groups excluding carboxylic acids is 2. The van der Waals surface area contributed by atoms with Crippen LogP contribution in [0.5, 0.6) is 0 Å². The maximum absolute atomic E-state index is 12.2. The molecule has 0 rings (SSSR count). The summed E-state index contributed by atoms with van der Waals surface area (Å²) in [6, 6.07) is -0.577. The monoisotopic (exact) mass is 301 g/mol. The van der Waals surface area contributed by atoms with E-state index in [9.17, 15) is 9.59 Å². The number of hydrogen-bond acceptors (Lipinski definition) is 4. The Bertz CT molecular complexity index is 338. The Morgan fingerprint density at radius 1 is 1.24 bits per heavy atom. The molecule has 0 radical (unpaired) electrons. The van der Waals surface area contributed by atoms with Crippen molar-refractivity contribution in [3.63, 3.8) is 0 Å². The van der Waals surface area contributed by atoms with E-state index in [2.05, 4.69) is 10.6 Å². The Hall–Kier alpha value is -1.30. The number of likely N-dealkylation sites (N-methyl/N-ethyl adjacent to an activating group) is 1. The van der Waals surface area contributed by atoms with Gasteiger partial charge in [0.05, 0.1) is 0 Å². The first-order valence-corrected chi connectivity index (χ1v) is 7.48. The first-order chi connectivity index (χ1) is 9.56. The molecule has 21 heavy (non-hydrogen) atoms. The molecule has 0 aliphatic rings. The summed E-state index contributed by atoms with van der Waals surface area (Å²) in [7, 11) is 3.88. The topological polar surface area (TPSA) is 70.7 Å². The van der Waals surface area contributed by atoms with Crippen molar-refractivity contribution < 1.29 is 14.3 Å². The third kappa shape index (κ3) is 9.28. The van der Waals surface area contributed by atoms with Gasteiger partial charge in [-0.2, -0.15) is 0 Å². The van der Waals surface area contributed by atoms with E-state index < -0.39 is 17.7 Å². The predicted octanol–water partition coefficient (Wildman–Crippen LogP) is 1.60. The Morgan fingerprint density at radius 2 is 1.81 bits per heavy atom. The third-order valence-electron chi connectivity index (χ3n) is 3.03. The molecular weight excluding hydrogens is 270 g/mol. The lowest BCUT2D eigenvalue weighted by atomic mass is 9.98. The standard InChI is InChI=1S/C15H31N3O3/c1-8-11(2)12(13(19)16-9-10-18(6)7)17-14(20)21-15(3,4)5/h11-12H,8-10H2,1-7H3,(H,16,19)(H,17,20). The molecule has 0 aliphatic carbocycles. The molecule has 0 aromatic carbocycles. The zero-order valence-electron chi connectivity index (χ0n) is 14.4. The van der Waals surface area contributed by atoms with Gasteiger partial charge in [-0.05, 0) is 40.8 Å². The number of amides is 2. The van der Waals surface area contributed by atoms with E-state index in [1.54, 1.807) is 20.8 Å². The minimum Gasteiger partial charge on any atom is -0.444 e. The second-order valence-corrected chi connectivity index (χ2v) is 6.60. The lowest BCUT2D eigenvalue weighted by Gasteiger charge is -2.26. The highest BCUT2D eigenvalue weighted by Gasteiger charge is 2.27. The van der Waals surface area contributed by atoms with Gasteiger partial charge >= 0.3 is 6.09 Å². The van der Waals surface area contributed by atoms with Crippen LogP contribution in [0.3, 0.4) is 0 Å². The Morgan fingerprint density at radius 3 is 2.24 bits per heavy atom. The first kappa shape index (κ1) is 19.7. The molecule has 0 saturated heterocycles. The van der Waals surface area contributed by atoms with Crippen molar-refractivity contribution in [3.05, 3.63) is 0 Å². The number of alkyl carbamates (subject to hydrolysis) is 1. The summed E-state index contributed by atoms with van der Waals surface area (Å²) in [6.45, 7) is 10.6. The summed E-state index contributed by atoms with van der Waals surface area (Å²) in [6.07, 6.45) is 0.234. The Kier molecular flexibility index (Phi) is 8.32. The van der Waals surface area contributed by atoms with Gasteiger partial charge in [0.1, 0.15) is 11.6 Å². The van der Waals surface area contributed by atoms with E-state index in [0.717, 1.165) is 13.0 Å². The van der Waals surface area contributed by atoms with Gasteiger partial charge in [-0.15, -0.1) is 0 Å². The average molecular weight is 301 g/mol. The minimum atomic E-state index is -0.578. The van der Waals surface area contributed by atoms with Crippen LogP contribution in [0.4, 0.5) is 4.79 Å². The molecule has 0 saturated carbocycles. The molecule has 2 amide bonds.